The van der Waals surface area contributed by atoms with E-state index in [1.807, 2.05) is 0 Å². The number of rotatable bonds is 4. The summed E-state index contributed by atoms with van der Waals surface area (Å²) in [6.45, 7) is 9.78. The summed E-state index contributed by atoms with van der Waals surface area (Å²) in [4.78, 5) is 0. The molecule has 1 heteroatoms. The summed E-state index contributed by atoms with van der Waals surface area (Å²) in [5.74, 6) is 0. The Kier molecular flexibility index (Phi) is 6.53. The van der Waals surface area contributed by atoms with Gasteiger partial charge in [0.25, 0.3) is 0 Å². The molecule has 57 heavy (non-hydrogen) atoms. The van der Waals surface area contributed by atoms with Crippen LogP contribution in [0.2, 0.25) is 0 Å². The van der Waals surface area contributed by atoms with E-state index in [2.05, 4.69) is 208 Å². The maximum atomic E-state index is 2.66. The second kappa shape index (κ2) is 11.4. The van der Waals surface area contributed by atoms with Crippen molar-refractivity contribution in [2.45, 2.75) is 38.5 Å². The second-order valence-corrected chi connectivity index (χ2v) is 17.3. The molecule has 1 nitrogen and oxygen atoms in total. The third kappa shape index (κ3) is 4.35. The maximum absolute atomic E-state index is 2.66. The average Bonchev–Trinajstić information content (AvgIpc) is 3.58. The van der Waals surface area contributed by atoms with Crippen molar-refractivity contribution in [3.05, 3.63) is 198 Å². The van der Waals surface area contributed by atoms with Crippen molar-refractivity contribution in [1.82, 2.24) is 4.57 Å². The highest BCUT2D eigenvalue weighted by Crippen LogP contribution is 2.57. The smallest absolute Gasteiger partial charge is 0.0582 e. The minimum Gasteiger partial charge on any atom is -0.308 e. The molecule has 2 aliphatic rings. The Hall–Kier alpha value is -6.70. The predicted octanol–water partition coefficient (Wildman–Crippen LogP) is 15.0. The van der Waals surface area contributed by atoms with E-state index in [1.54, 1.807) is 0 Å². The number of hydrogen-bond donors (Lipinski definition) is 0. The van der Waals surface area contributed by atoms with Gasteiger partial charge in [-0.3, -0.25) is 0 Å². The molecule has 0 fully saturated rings. The Balaban J connectivity index is 1.27. The lowest BCUT2D eigenvalue weighted by molar-refractivity contribution is 0.594. The fourth-order valence-electron chi connectivity index (χ4n) is 10.7. The summed E-state index contributed by atoms with van der Waals surface area (Å²) in [5, 5.41) is 7.71. The van der Waals surface area contributed by atoms with Gasteiger partial charge in [0.1, 0.15) is 0 Å². The molecule has 3 heterocycles. The lowest BCUT2D eigenvalue weighted by Crippen LogP contribution is -2.33. The molecule has 9 aromatic carbocycles. The van der Waals surface area contributed by atoms with Crippen LogP contribution in [0, 0.1) is 0 Å². The first-order valence-corrected chi connectivity index (χ1v) is 20.3. The van der Waals surface area contributed by atoms with Crippen molar-refractivity contribution in [1.29, 1.82) is 0 Å². The van der Waals surface area contributed by atoms with Crippen LogP contribution in [0.5, 0.6) is 0 Å². The van der Waals surface area contributed by atoms with E-state index >= 15 is 0 Å². The largest absolute Gasteiger partial charge is 0.308 e. The predicted molar refractivity (Wildman–Crippen MR) is 242 cm³/mol. The molecule has 10 aromatic rings. The van der Waals surface area contributed by atoms with E-state index in [1.165, 1.54) is 116 Å². The van der Waals surface area contributed by atoms with Gasteiger partial charge in [0.15, 0.2) is 0 Å². The van der Waals surface area contributed by atoms with E-state index in [4.69, 9.17) is 0 Å². The molecule has 0 spiro atoms. The molecular weight excluding hydrogens is 687 g/mol. The van der Waals surface area contributed by atoms with E-state index in [-0.39, 0.29) is 10.8 Å². The average molecular weight is 728 g/mol. The highest BCUT2D eigenvalue weighted by Gasteiger charge is 2.44. The van der Waals surface area contributed by atoms with Crippen molar-refractivity contribution in [3.63, 3.8) is 0 Å². The molecule has 2 aliphatic heterocycles. The van der Waals surface area contributed by atoms with Crippen molar-refractivity contribution >= 4 is 43.4 Å². The molecule has 0 N–H and O–H groups in total. The molecule has 0 saturated carbocycles. The number of benzene rings is 9. The first kappa shape index (κ1) is 32.5. The van der Waals surface area contributed by atoms with Crippen LogP contribution in [-0.2, 0) is 10.8 Å². The molecule has 1 aromatic heterocycles. The van der Waals surface area contributed by atoms with Crippen molar-refractivity contribution in [2.75, 3.05) is 0 Å². The SMILES string of the molecule is CC1(C)c2cccc3c2-n2c4c1cc(-c1c(-c5ccccc5)ccc5ccccc15)cc4c1cc(-c4c(-c5ccccc5)ccc5ccccc45)cc(c12)C3(C)C. The molecule has 0 radical (unpaired) electrons. The molecule has 12 rings (SSSR count). The molecule has 0 saturated heterocycles. The van der Waals surface area contributed by atoms with Gasteiger partial charge in [0, 0.05) is 21.6 Å². The standard InChI is InChI=1S/C56H41N/c1-55(2)46-24-15-25-47-54(46)57-52-44(30-38(32-48(52)55)50-40-22-13-11-20-36(40)26-28-42(50)34-16-7-5-8-17-34)45-31-39(33-49(53(45)57)56(47,3)4)51-41-23-14-12-21-37(41)27-29-43(51)35-18-9-6-10-19-35/h5-33H,1-4H3. The number of aromatic nitrogens is 1. The summed E-state index contributed by atoms with van der Waals surface area (Å²) < 4.78 is 2.66. The lowest BCUT2D eigenvalue weighted by atomic mass is 9.68. The highest BCUT2D eigenvalue weighted by atomic mass is 15.0. The molecule has 0 aliphatic carbocycles. The second-order valence-electron chi connectivity index (χ2n) is 17.3. The molecule has 0 unspecified atom stereocenters. The van der Waals surface area contributed by atoms with Crippen LogP contribution in [0.15, 0.2) is 176 Å². The van der Waals surface area contributed by atoms with Gasteiger partial charge in [-0.25, -0.2) is 0 Å². The van der Waals surface area contributed by atoms with Crippen LogP contribution in [0.4, 0.5) is 0 Å². The number of fused-ring (bicyclic) bond motifs is 3. The third-order valence-corrected chi connectivity index (χ3v) is 13.5. The van der Waals surface area contributed by atoms with E-state index in [9.17, 15) is 0 Å². The zero-order chi connectivity index (χ0) is 38.2. The van der Waals surface area contributed by atoms with Gasteiger partial charge in [0.2, 0.25) is 0 Å². The Labute approximate surface area is 333 Å². The molecule has 0 bridgehead atoms. The minimum absolute atomic E-state index is 0.228. The lowest BCUT2D eigenvalue weighted by Gasteiger charge is -2.42. The molecular formula is C56H41N. The zero-order valence-electron chi connectivity index (χ0n) is 32.7. The van der Waals surface area contributed by atoms with Gasteiger partial charge < -0.3 is 4.57 Å². The van der Waals surface area contributed by atoms with Crippen LogP contribution in [0.3, 0.4) is 0 Å². The Morgan fingerprint density at radius 1 is 0.333 bits per heavy atom. The Bertz CT molecular complexity index is 3100. The summed E-state index contributed by atoms with van der Waals surface area (Å²) in [6.07, 6.45) is 0. The van der Waals surface area contributed by atoms with E-state index < -0.39 is 0 Å². The normalized spacial score (nSPS) is 14.6. The van der Waals surface area contributed by atoms with Crippen LogP contribution in [-0.4, -0.2) is 4.57 Å². The molecule has 0 atom stereocenters. The van der Waals surface area contributed by atoms with Crippen molar-refractivity contribution in [2.24, 2.45) is 0 Å². The van der Waals surface area contributed by atoms with Gasteiger partial charge >= 0.3 is 0 Å². The summed E-state index contributed by atoms with van der Waals surface area (Å²) >= 11 is 0. The summed E-state index contributed by atoms with van der Waals surface area (Å²) in [5.41, 5.74) is 19.3. The van der Waals surface area contributed by atoms with Crippen LogP contribution < -0.4 is 0 Å². The van der Waals surface area contributed by atoms with Crippen LogP contribution in [0.1, 0.15) is 49.9 Å². The summed E-state index contributed by atoms with van der Waals surface area (Å²) in [7, 11) is 0. The zero-order valence-corrected chi connectivity index (χ0v) is 32.7. The minimum atomic E-state index is -0.228. The number of nitrogens with zero attached hydrogens (tertiary/aromatic N) is 1. The number of hydrogen-bond acceptors (Lipinski definition) is 0. The fraction of sp³-hybridized carbons (Fsp3) is 0.107. The fourth-order valence-corrected chi connectivity index (χ4v) is 10.7. The maximum Gasteiger partial charge on any atom is 0.0582 e. The first-order valence-electron chi connectivity index (χ1n) is 20.3. The Morgan fingerprint density at radius 2 is 0.754 bits per heavy atom. The Morgan fingerprint density at radius 3 is 1.21 bits per heavy atom. The van der Waals surface area contributed by atoms with Gasteiger partial charge in [-0.05, 0) is 113 Å². The topological polar surface area (TPSA) is 4.93 Å². The molecule has 270 valence electrons. The van der Waals surface area contributed by atoms with Crippen molar-refractivity contribution in [3.8, 4) is 50.2 Å². The first-order chi connectivity index (χ1) is 27.8. The third-order valence-electron chi connectivity index (χ3n) is 13.5. The van der Waals surface area contributed by atoms with Gasteiger partial charge in [-0.15, -0.1) is 0 Å². The molecule has 0 amide bonds. The van der Waals surface area contributed by atoms with E-state index in [0.29, 0.717) is 0 Å². The van der Waals surface area contributed by atoms with Gasteiger partial charge in [-0.2, -0.15) is 0 Å². The van der Waals surface area contributed by atoms with E-state index in [0.717, 1.165) is 0 Å². The quantitative estimate of drug-likeness (QED) is 0.170. The highest BCUT2D eigenvalue weighted by molar-refractivity contribution is 6.18. The van der Waals surface area contributed by atoms with Crippen LogP contribution in [0.25, 0.3) is 93.5 Å². The van der Waals surface area contributed by atoms with Gasteiger partial charge in [0.05, 0.1) is 16.7 Å². The van der Waals surface area contributed by atoms with Crippen molar-refractivity contribution < 1.29 is 0 Å². The van der Waals surface area contributed by atoms with Gasteiger partial charge in [-0.1, -0.05) is 179 Å². The number of para-hydroxylation sites is 1. The van der Waals surface area contributed by atoms with Crippen LogP contribution >= 0.6 is 0 Å². The summed E-state index contributed by atoms with van der Waals surface area (Å²) in [6, 6.07) is 66.1. The monoisotopic (exact) mass is 727 g/mol.